The fraction of sp³-hybridized carbons (Fsp3) is 0.375. The maximum absolute atomic E-state index is 11.4. The van der Waals surface area contributed by atoms with Gasteiger partial charge in [-0.25, -0.2) is 0 Å². The maximum atomic E-state index is 11.4. The molecule has 1 rings (SSSR count). The van der Waals surface area contributed by atoms with Crippen LogP contribution in [0.3, 0.4) is 0 Å². The Bertz CT molecular complexity index is 332. The molecule has 66 valence electrons. The van der Waals surface area contributed by atoms with Crippen molar-refractivity contribution in [3.8, 4) is 0 Å². The van der Waals surface area contributed by atoms with Crippen LogP contribution in [0.5, 0.6) is 0 Å². The molecule has 3 nitrogen and oxygen atoms in total. The lowest BCUT2D eigenvalue weighted by atomic mass is 10.2. The number of aryl methyl sites for hydroxylation is 1. The predicted octanol–water partition coefficient (Wildman–Crippen LogP) is 0.649. The van der Waals surface area contributed by atoms with Crippen LogP contribution in [0.15, 0.2) is 21.5 Å². The zero-order valence-electron chi connectivity index (χ0n) is 6.88. The predicted molar refractivity (Wildman–Crippen MR) is 52.1 cm³/mol. The van der Waals surface area contributed by atoms with Gasteiger partial charge in [-0.15, -0.1) is 0 Å². The molecule has 4 heteroatoms. The van der Waals surface area contributed by atoms with Crippen LogP contribution in [-0.4, -0.2) is 11.1 Å². The summed E-state index contributed by atoms with van der Waals surface area (Å²) >= 11 is 3.32. The minimum atomic E-state index is 0.0312. The molecule has 1 aromatic rings. The van der Waals surface area contributed by atoms with Crippen molar-refractivity contribution >= 4 is 15.9 Å². The van der Waals surface area contributed by atoms with Crippen molar-refractivity contribution in [2.24, 2.45) is 12.8 Å². The largest absolute Gasteiger partial charge is 0.330 e. The van der Waals surface area contributed by atoms with Crippen molar-refractivity contribution in [2.45, 2.75) is 6.42 Å². The fourth-order valence-electron chi connectivity index (χ4n) is 1.07. The molecule has 0 bridgehead atoms. The van der Waals surface area contributed by atoms with E-state index in [1.165, 1.54) is 0 Å². The van der Waals surface area contributed by atoms with Crippen molar-refractivity contribution in [1.29, 1.82) is 0 Å². The minimum absolute atomic E-state index is 0.0312. The summed E-state index contributed by atoms with van der Waals surface area (Å²) in [5, 5.41) is 0. The van der Waals surface area contributed by atoms with Crippen molar-refractivity contribution in [3.63, 3.8) is 0 Å². The monoisotopic (exact) mass is 230 g/mol. The molecule has 1 aromatic heterocycles. The average molecular weight is 231 g/mol. The third-order valence-electron chi connectivity index (χ3n) is 1.64. The highest BCUT2D eigenvalue weighted by molar-refractivity contribution is 9.10. The lowest BCUT2D eigenvalue weighted by Gasteiger charge is -2.02. The van der Waals surface area contributed by atoms with Crippen molar-refractivity contribution < 1.29 is 0 Å². The van der Waals surface area contributed by atoms with E-state index < -0.39 is 0 Å². The zero-order chi connectivity index (χ0) is 9.14. The van der Waals surface area contributed by atoms with E-state index in [1.54, 1.807) is 17.8 Å². The Balaban J connectivity index is 3.19. The first-order valence-electron chi connectivity index (χ1n) is 3.70. The number of pyridine rings is 1. The Kier molecular flexibility index (Phi) is 3.05. The van der Waals surface area contributed by atoms with E-state index in [9.17, 15) is 4.79 Å². The standard InChI is InChI=1S/C8H11BrN2O/c1-11-5-7(9)4-6(2-3-10)8(11)12/h4-5H,2-3,10H2,1H3. The van der Waals surface area contributed by atoms with Gasteiger partial charge in [0.15, 0.2) is 0 Å². The summed E-state index contributed by atoms with van der Waals surface area (Å²) in [5.41, 5.74) is 6.16. The molecule has 0 aliphatic heterocycles. The number of rotatable bonds is 2. The van der Waals surface area contributed by atoms with Crippen LogP contribution >= 0.6 is 15.9 Å². The molecular weight excluding hydrogens is 220 g/mol. The highest BCUT2D eigenvalue weighted by Gasteiger charge is 2.01. The fourth-order valence-corrected chi connectivity index (χ4v) is 1.65. The molecule has 2 N–H and O–H groups in total. The van der Waals surface area contributed by atoms with Crippen LogP contribution in [0.4, 0.5) is 0 Å². The quantitative estimate of drug-likeness (QED) is 0.812. The van der Waals surface area contributed by atoms with E-state index >= 15 is 0 Å². The Morgan fingerprint density at radius 3 is 2.92 bits per heavy atom. The van der Waals surface area contributed by atoms with Gasteiger partial charge in [0.2, 0.25) is 0 Å². The summed E-state index contributed by atoms with van der Waals surface area (Å²) in [5.74, 6) is 0. The van der Waals surface area contributed by atoms with Crippen LogP contribution in [0.25, 0.3) is 0 Å². The second-order valence-corrected chi connectivity index (χ2v) is 3.55. The maximum Gasteiger partial charge on any atom is 0.253 e. The van der Waals surface area contributed by atoms with E-state index in [0.717, 1.165) is 10.0 Å². The second-order valence-electron chi connectivity index (χ2n) is 2.64. The van der Waals surface area contributed by atoms with Crippen molar-refractivity contribution in [1.82, 2.24) is 4.57 Å². The van der Waals surface area contributed by atoms with Gasteiger partial charge in [0.25, 0.3) is 5.56 Å². The molecule has 0 fully saturated rings. The molecule has 12 heavy (non-hydrogen) atoms. The first-order chi connectivity index (χ1) is 5.65. The summed E-state index contributed by atoms with van der Waals surface area (Å²) < 4.78 is 2.46. The van der Waals surface area contributed by atoms with Crippen LogP contribution in [-0.2, 0) is 13.5 Å². The van der Waals surface area contributed by atoms with Crippen LogP contribution in [0, 0.1) is 0 Å². The van der Waals surface area contributed by atoms with Gasteiger partial charge in [0.05, 0.1) is 0 Å². The van der Waals surface area contributed by atoms with Gasteiger partial charge in [0.1, 0.15) is 0 Å². The summed E-state index contributed by atoms with van der Waals surface area (Å²) in [6.45, 7) is 0.506. The molecule has 0 aromatic carbocycles. The van der Waals surface area contributed by atoms with Crippen LogP contribution in [0.2, 0.25) is 0 Å². The van der Waals surface area contributed by atoms with Gasteiger partial charge in [0, 0.05) is 23.3 Å². The molecule has 0 amide bonds. The van der Waals surface area contributed by atoms with Gasteiger partial charge in [-0.1, -0.05) is 0 Å². The smallest absolute Gasteiger partial charge is 0.253 e. The van der Waals surface area contributed by atoms with Crippen LogP contribution in [0.1, 0.15) is 5.56 Å². The Hall–Kier alpha value is -0.610. The lowest BCUT2D eigenvalue weighted by molar-refractivity contribution is 0.817. The van der Waals surface area contributed by atoms with Gasteiger partial charge in [-0.3, -0.25) is 4.79 Å². The molecule has 1 heterocycles. The third-order valence-corrected chi connectivity index (χ3v) is 2.07. The normalized spacial score (nSPS) is 10.2. The first-order valence-corrected chi connectivity index (χ1v) is 4.49. The number of hydrogen-bond acceptors (Lipinski definition) is 2. The number of halogens is 1. The molecule has 0 aliphatic carbocycles. The molecule has 0 atom stereocenters. The van der Waals surface area contributed by atoms with Crippen molar-refractivity contribution in [3.05, 3.63) is 32.7 Å². The molecule has 0 saturated carbocycles. The number of nitrogens with two attached hydrogens (primary N) is 1. The molecule has 0 saturated heterocycles. The van der Waals surface area contributed by atoms with Gasteiger partial charge in [-0.2, -0.15) is 0 Å². The van der Waals surface area contributed by atoms with Gasteiger partial charge >= 0.3 is 0 Å². The number of aromatic nitrogens is 1. The van der Waals surface area contributed by atoms with Crippen molar-refractivity contribution in [2.75, 3.05) is 6.54 Å². The number of nitrogens with zero attached hydrogens (tertiary/aromatic N) is 1. The SMILES string of the molecule is Cn1cc(Br)cc(CCN)c1=O. The molecular formula is C8H11BrN2O. The zero-order valence-corrected chi connectivity index (χ0v) is 8.47. The first kappa shape index (κ1) is 9.48. The second kappa shape index (κ2) is 3.87. The van der Waals surface area contributed by atoms with E-state index in [-0.39, 0.29) is 5.56 Å². The Labute approximate surface area is 79.3 Å². The molecule has 0 aliphatic rings. The average Bonchev–Trinajstić information content (AvgIpc) is 2.00. The summed E-state index contributed by atoms with van der Waals surface area (Å²) in [7, 11) is 1.73. The summed E-state index contributed by atoms with van der Waals surface area (Å²) in [4.78, 5) is 11.4. The highest BCUT2D eigenvalue weighted by Crippen LogP contribution is 2.07. The van der Waals surface area contributed by atoms with Gasteiger partial charge < -0.3 is 10.3 Å². The minimum Gasteiger partial charge on any atom is -0.330 e. The Morgan fingerprint density at radius 1 is 1.67 bits per heavy atom. The summed E-state index contributed by atoms with van der Waals surface area (Å²) in [6, 6.07) is 1.81. The molecule has 0 radical (unpaired) electrons. The summed E-state index contributed by atoms with van der Waals surface area (Å²) in [6.07, 6.45) is 2.37. The highest BCUT2D eigenvalue weighted by atomic mass is 79.9. The van der Waals surface area contributed by atoms with Crippen LogP contribution < -0.4 is 11.3 Å². The van der Waals surface area contributed by atoms with E-state index in [2.05, 4.69) is 15.9 Å². The number of hydrogen-bond donors (Lipinski definition) is 1. The van der Waals surface area contributed by atoms with Gasteiger partial charge in [-0.05, 0) is 35.0 Å². The van der Waals surface area contributed by atoms with E-state index in [1.807, 2.05) is 6.07 Å². The topological polar surface area (TPSA) is 48.0 Å². The van der Waals surface area contributed by atoms with E-state index in [4.69, 9.17) is 5.73 Å². The van der Waals surface area contributed by atoms with E-state index in [0.29, 0.717) is 13.0 Å². The third kappa shape index (κ3) is 1.95. The Morgan fingerprint density at radius 2 is 2.33 bits per heavy atom. The lowest BCUT2D eigenvalue weighted by Crippen LogP contribution is -2.22. The molecule has 0 unspecified atom stereocenters. The molecule has 0 spiro atoms.